The van der Waals surface area contributed by atoms with Crippen molar-refractivity contribution in [2.75, 3.05) is 13.7 Å². The third-order valence-electron chi connectivity index (χ3n) is 2.59. The average molecular weight is 239 g/mol. The molecule has 1 rings (SSSR count). The molecular weight excluding hydrogens is 218 g/mol. The zero-order valence-electron chi connectivity index (χ0n) is 10.8. The minimum atomic E-state index is 0.0708. The number of nitrogens with two attached hydrogens (primary N) is 1. The van der Waals surface area contributed by atoms with Crippen LogP contribution in [0.15, 0.2) is 6.20 Å². The number of ether oxygens (including phenoxy) is 1. The van der Waals surface area contributed by atoms with Crippen molar-refractivity contribution in [2.24, 2.45) is 5.73 Å². The molecule has 17 heavy (non-hydrogen) atoms. The zero-order valence-corrected chi connectivity index (χ0v) is 10.8. The number of rotatable bonds is 7. The molecule has 0 unspecified atom stereocenters. The number of carbonyl (C=O) groups excluding carboxylic acids is 1. The first-order valence-electron chi connectivity index (χ1n) is 5.96. The van der Waals surface area contributed by atoms with Gasteiger partial charge in [0.15, 0.2) is 11.5 Å². The van der Waals surface area contributed by atoms with Crippen LogP contribution in [0.3, 0.4) is 0 Å². The number of methoxy groups -OCH3 is 1. The molecule has 0 aliphatic carbocycles. The molecule has 5 nitrogen and oxygen atoms in total. The Morgan fingerprint density at radius 1 is 1.53 bits per heavy atom. The van der Waals surface area contributed by atoms with E-state index in [9.17, 15) is 4.79 Å². The second-order valence-corrected chi connectivity index (χ2v) is 4.27. The van der Waals surface area contributed by atoms with Gasteiger partial charge in [-0.05, 0) is 33.2 Å². The van der Waals surface area contributed by atoms with E-state index in [2.05, 4.69) is 5.10 Å². The monoisotopic (exact) mass is 239 g/mol. The summed E-state index contributed by atoms with van der Waals surface area (Å²) in [4.78, 5) is 12.1. The number of hydrogen-bond donors (Lipinski definition) is 1. The topological polar surface area (TPSA) is 70.1 Å². The highest BCUT2D eigenvalue weighted by Crippen LogP contribution is 2.23. The van der Waals surface area contributed by atoms with Crippen LogP contribution >= 0.6 is 0 Å². The van der Waals surface area contributed by atoms with E-state index in [0.29, 0.717) is 24.4 Å². The van der Waals surface area contributed by atoms with Crippen molar-refractivity contribution in [2.45, 2.75) is 39.2 Å². The standard InChI is InChI=1S/C12H21N3O2/c1-9(2)15-12(11(17-3)8-14-15)10(16)6-4-5-7-13/h8-9H,4-7,13H2,1-3H3. The average Bonchev–Trinajstić information content (AvgIpc) is 2.72. The molecule has 0 radical (unpaired) electrons. The molecule has 1 aromatic heterocycles. The van der Waals surface area contributed by atoms with Crippen LogP contribution in [0.4, 0.5) is 0 Å². The van der Waals surface area contributed by atoms with E-state index in [4.69, 9.17) is 10.5 Å². The van der Waals surface area contributed by atoms with Crippen molar-refractivity contribution < 1.29 is 9.53 Å². The maximum atomic E-state index is 12.1. The highest BCUT2D eigenvalue weighted by Gasteiger charge is 2.20. The van der Waals surface area contributed by atoms with Crippen molar-refractivity contribution in [3.05, 3.63) is 11.9 Å². The van der Waals surface area contributed by atoms with Gasteiger partial charge in [-0.15, -0.1) is 0 Å². The summed E-state index contributed by atoms with van der Waals surface area (Å²) in [6, 6.07) is 0.146. The second-order valence-electron chi connectivity index (χ2n) is 4.27. The van der Waals surface area contributed by atoms with Gasteiger partial charge in [-0.25, -0.2) is 0 Å². The predicted molar refractivity (Wildman–Crippen MR) is 66.4 cm³/mol. The van der Waals surface area contributed by atoms with Gasteiger partial charge in [-0.3, -0.25) is 9.48 Å². The second kappa shape index (κ2) is 6.39. The minimum Gasteiger partial charge on any atom is -0.493 e. The van der Waals surface area contributed by atoms with Crippen molar-refractivity contribution in [1.29, 1.82) is 0 Å². The van der Waals surface area contributed by atoms with E-state index in [-0.39, 0.29) is 11.8 Å². The van der Waals surface area contributed by atoms with E-state index in [0.717, 1.165) is 12.8 Å². The minimum absolute atomic E-state index is 0.0708. The number of ketones is 1. The molecule has 0 saturated carbocycles. The van der Waals surface area contributed by atoms with Crippen LogP contribution in [0.25, 0.3) is 0 Å². The third kappa shape index (κ3) is 3.30. The van der Waals surface area contributed by atoms with Gasteiger partial charge in [-0.1, -0.05) is 0 Å². The summed E-state index contributed by atoms with van der Waals surface area (Å²) in [6.45, 7) is 4.60. The van der Waals surface area contributed by atoms with Crippen LogP contribution in [-0.4, -0.2) is 29.2 Å². The largest absolute Gasteiger partial charge is 0.493 e. The Kier molecular flexibility index (Phi) is 5.15. The van der Waals surface area contributed by atoms with Crippen molar-refractivity contribution in [1.82, 2.24) is 9.78 Å². The highest BCUT2D eigenvalue weighted by atomic mass is 16.5. The van der Waals surface area contributed by atoms with Gasteiger partial charge in [0.1, 0.15) is 5.69 Å². The van der Waals surface area contributed by atoms with Crippen LogP contribution < -0.4 is 10.5 Å². The van der Waals surface area contributed by atoms with Crippen LogP contribution in [0.5, 0.6) is 5.75 Å². The SMILES string of the molecule is COc1cnn(C(C)C)c1C(=O)CCCCN. The fraction of sp³-hybridized carbons (Fsp3) is 0.667. The van der Waals surface area contributed by atoms with Crippen LogP contribution in [0.2, 0.25) is 0 Å². The Balaban J connectivity index is 2.85. The van der Waals surface area contributed by atoms with E-state index >= 15 is 0 Å². The molecular formula is C12H21N3O2. The molecule has 0 atom stereocenters. The molecule has 1 heterocycles. The molecule has 0 aliphatic heterocycles. The van der Waals surface area contributed by atoms with E-state index in [1.165, 1.54) is 0 Å². The van der Waals surface area contributed by atoms with Gasteiger partial charge in [-0.2, -0.15) is 5.10 Å². The lowest BCUT2D eigenvalue weighted by atomic mass is 10.1. The summed E-state index contributed by atoms with van der Waals surface area (Å²) in [6.07, 6.45) is 3.76. The molecule has 0 fully saturated rings. The molecule has 0 saturated heterocycles. The lowest BCUT2D eigenvalue weighted by molar-refractivity contribution is 0.0964. The lowest BCUT2D eigenvalue weighted by Crippen LogP contribution is -2.13. The molecule has 5 heteroatoms. The number of hydrogen-bond acceptors (Lipinski definition) is 4. The molecule has 1 aromatic rings. The summed E-state index contributed by atoms with van der Waals surface area (Å²) in [5.41, 5.74) is 5.98. The summed E-state index contributed by atoms with van der Waals surface area (Å²) in [5, 5.41) is 4.18. The molecule has 0 aliphatic rings. The molecule has 96 valence electrons. The first-order valence-corrected chi connectivity index (χ1v) is 5.96. The summed E-state index contributed by atoms with van der Waals surface area (Å²) < 4.78 is 6.89. The van der Waals surface area contributed by atoms with Gasteiger partial charge >= 0.3 is 0 Å². The van der Waals surface area contributed by atoms with E-state index in [1.807, 2.05) is 13.8 Å². The van der Waals surface area contributed by atoms with Crippen LogP contribution in [-0.2, 0) is 0 Å². The number of unbranched alkanes of at least 4 members (excludes halogenated alkanes) is 1. The number of nitrogens with zero attached hydrogens (tertiary/aromatic N) is 2. The molecule has 0 bridgehead atoms. The van der Waals surface area contributed by atoms with E-state index < -0.39 is 0 Å². The Morgan fingerprint density at radius 3 is 2.76 bits per heavy atom. The Hall–Kier alpha value is -1.36. The first kappa shape index (κ1) is 13.7. The number of Topliss-reactive ketones (excluding diaryl/α,β-unsaturated/α-hetero) is 1. The van der Waals surface area contributed by atoms with Gasteiger partial charge < -0.3 is 10.5 Å². The fourth-order valence-corrected chi connectivity index (χ4v) is 1.70. The van der Waals surface area contributed by atoms with Crippen LogP contribution in [0, 0.1) is 0 Å². The summed E-state index contributed by atoms with van der Waals surface area (Å²) in [7, 11) is 1.55. The van der Waals surface area contributed by atoms with Crippen molar-refractivity contribution in [3.63, 3.8) is 0 Å². The van der Waals surface area contributed by atoms with Crippen LogP contribution in [0.1, 0.15) is 49.6 Å². The lowest BCUT2D eigenvalue weighted by Gasteiger charge is -2.11. The highest BCUT2D eigenvalue weighted by molar-refractivity contribution is 5.97. The maximum Gasteiger partial charge on any atom is 0.184 e. The summed E-state index contributed by atoms with van der Waals surface area (Å²) >= 11 is 0. The first-order chi connectivity index (χ1) is 8.11. The predicted octanol–water partition coefficient (Wildman–Crippen LogP) is 1.78. The fourth-order valence-electron chi connectivity index (χ4n) is 1.70. The van der Waals surface area contributed by atoms with Gasteiger partial charge in [0, 0.05) is 12.5 Å². The van der Waals surface area contributed by atoms with Gasteiger partial charge in [0.25, 0.3) is 0 Å². The number of aromatic nitrogens is 2. The molecule has 2 N–H and O–H groups in total. The zero-order chi connectivity index (χ0) is 12.8. The number of carbonyl (C=O) groups is 1. The van der Waals surface area contributed by atoms with E-state index in [1.54, 1.807) is 18.0 Å². The third-order valence-corrected chi connectivity index (χ3v) is 2.59. The molecule has 0 spiro atoms. The van der Waals surface area contributed by atoms with Crippen molar-refractivity contribution in [3.8, 4) is 5.75 Å². The maximum absolute atomic E-state index is 12.1. The molecule has 0 amide bonds. The van der Waals surface area contributed by atoms with Crippen molar-refractivity contribution >= 4 is 5.78 Å². The summed E-state index contributed by atoms with van der Waals surface area (Å²) in [5.74, 6) is 0.623. The Bertz CT molecular complexity index is 372. The Labute approximate surface area is 102 Å². The normalized spacial score (nSPS) is 10.9. The quantitative estimate of drug-likeness (QED) is 0.581. The van der Waals surface area contributed by atoms with Gasteiger partial charge in [0.05, 0.1) is 13.3 Å². The van der Waals surface area contributed by atoms with Gasteiger partial charge in [0.2, 0.25) is 0 Å². The smallest absolute Gasteiger partial charge is 0.184 e. The molecule has 0 aromatic carbocycles. The Morgan fingerprint density at radius 2 is 2.24 bits per heavy atom.